The summed E-state index contributed by atoms with van der Waals surface area (Å²) in [4.78, 5) is 23.8. The zero-order chi connectivity index (χ0) is 15.4. The third-order valence-electron chi connectivity index (χ3n) is 2.53. The van der Waals surface area contributed by atoms with E-state index in [1.54, 1.807) is 24.3 Å². The highest BCUT2D eigenvalue weighted by atomic mass is 16.6. The maximum absolute atomic E-state index is 11.9. The second-order valence-electron chi connectivity index (χ2n) is 4.66. The Labute approximate surface area is 120 Å². The Kier molecular flexibility index (Phi) is 4.17. The highest BCUT2D eigenvalue weighted by molar-refractivity contribution is 6.06. The van der Waals surface area contributed by atoms with Gasteiger partial charge >= 0.3 is 0 Å². The van der Waals surface area contributed by atoms with Crippen LogP contribution in [0.3, 0.4) is 0 Å². The first-order valence-electron chi connectivity index (χ1n) is 6.27. The monoisotopic (exact) mass is 289 g/mol. The molecule has 0 fully saturated rings. The Morgan fingerprint density at radius 1 is 1.24 bits per heavy atom. The molecule has 0 saturated heterocycles. The summed E-state index contributed by atoms with van der Waals surface area (Å²) >= 11 is 0. The Morgan fingerprint density at radius 3 is 2.62 bits per heavy atom. The van der Waals surface area contributed by atoms with E-state index in [-0.39, 0.29) is 23.5 Å². The smallest absolute Gasteiger partial charge is 0.281 e. The normalized spacial score (nSPS) is 10.4. The lowest BCUT2D eigenvalue weighted by atomic mass is 10.1. The number of nitrogens with two attached hydrogens (primary N) is 1. The molecule has 0 radical (unpaired) electrons. The molecule has 0 spiro atoms. The van der Waals surface area contributed by atoms with E-state index in [1.807, 2.05) is 13.8 Å². The third-order valence-corrected chi connectivity index (χ3v) is 2.53. The van der Waals surface area contributed by atoms with Crippen molar-refractivity contribution in [2.45, 2.75) is 19.9 Å². The first-order chi connectivity index (χ1) is 9.97. The molecule has 110 valence electrons. The van der Waals surface area contributed by atoms with Gasteiger partial charge in [-0.15, -0.1) is 0 Å². The summed E-state index contributed by atoms with van der Waals surface area (Å²) in [5.41, 5.74) is 6.21. The molecule has 0 atom stereocenters. The molecule has 4 N–H and O–H groups in total. The lowest BCUT2D eigenvalue weighted by Crippen LogP contribution is -2.30. The average Bonchev–Trinajstić information content (AvgIpc) is 2.84. The van der Waals surface area contributed by atoms with E-state index in [1.165, 1.54) is 0 Å². The van der Waals surface area contributed by atoms with Gasteiger partial charge in [-0.1, -0.05) is 6.07 Å². The van der Waals surface area contributed by atoms with Crippen molar-refractivity contribution < 1.29 is 14.2 Å². The van der Waals surface area contributed by atoms with E-state index < -0.39 is 5.91 Å². The predicted molar refractivity (Wildman–Crippen MR) is 75.7 cm³/mol. The van der Waals surface area contributed by atoms with Crippen LogP contribution < -0.4 is 16.4 Å². The molecule has 0 saturated carbocycles. The van der Waals surface area contributed by atoms with Crippen molar-refractivity contribution in [2.75, 3.05) is 11.1 Å². The number of carbonyl (C=O) groups is 2. The molecule has 0 aliphatic rings. The summed E-state index contributed by atoms with van der Waals surface area (Å²) in [7, 11) is 0. The maximum Gasteiger partial charge on any atom is 0.281 e. The Hall–Kier alpha value is -2.90. The number of nitrogen functional groups attached to an aromatic ring is 1. The van der Waals surface area contributed by atoms with Gasteiger partial charge in [-0.2, -0.15) is 0 Å². The molecule has 8 nitrogen and oxygen atoms in total. The SMILES string of the molecule is CC(C)NC(=O)c1cccc(NC(=O)c2nonc2N)c1. The standard InChI is InChI=1S/C13H15N5O3/c1-7(2)15-12(19)8-4-3-5-9(6-8)16-13(20)10-11(14)18-21-17-10/h3-7H,1-2H3,(H2,14,18)(H,15,19)(H,16,20). The van der Waals surface area contributed by atoms with Crippen molar-refractivity contribution in [1.29, 1.82) is 0 Å². The van der Waals surface area contributed by atoms with Gasteiger partial charge in [0.2, 0.25) is 11.5 Å². The van der Waals surface area contributed by atoms with Crippen LogP contribution in [-0.4, -0.2) is 28.2 Å². The largest absolute Gasteiger partial charge is 0.379 e. The van der Waals surface area contributed by atoms with Crippen molar-refractivity contribution >= 4 is 23.3 Å². The van der Waals surface area contributed by atoms with Crippen molar-refractivity contribution in [2.24, 2.45) is 0 Å². The number of anilines is 2. The molecule has 0 aliphatic heterocycles. The van der Waals surface area contributed by atoms with Crippen LogP contribution in [0.1, 0.15) is 34.7 Å². The number of nitrogens with one attached hydrogen (secondary N) is 2. The lowest BCUT2D eigenvalue weighted by Gasteiger charge is -2.09. The third kappa shape index (κ3) is 3.56. The lowest BCUT2D eigenvalue weighted by molar-refractivity contribution is 0.0941. The van der Waals surface area contributed by atoms with Gasteiger partial charge in [-0.25, -0.2) is 4.63 Å². The Bertz CT molecular complexity index is 665. The minimum Gasteiger partial charge on any atom is -0.379 e. The summed E-state index contributed by atoms with van der Waals surface area (Å²) in [6.07, 6.45) is 0. The zero-order valence-corrected chi connectivity index (χ0v) is 11.6. The fourth-order valence-corrected chi connectivity index (χ4v) is 1.63. The maximum atomic E-state index is 11.9. The van der Waals surface area contributed by atoms with Crippen molar-refractivity contribution in [3.8, 4) is 0 Å². The summed E-state index contributed by atoms with van der Waals surface area (Å²) < 4.78 is 4.36. The van der Waals surface area contributed by atoms with Gasteiger partial charge in [0.25, 0.3) is 11.8 Å². The van der Waals surface area contributed by atoms with Crippen LogP contribution in [0.4, 0.5) is 11.5 Å². The molecule has 0 unspecified atom stereocenters. The first kappa shape index (κ1) is 14.5. The van der Waals surface area contributed by atoms with Crippen LogP contribution in [0, 0.1) is 0 Å². The Balaban J connectivity index is 2.13. The highest BCUT2D eigenvalue weighted by Crippen LogP contribution is 2.13. The second-order valence-corrected chi connectivity index (χ2v) is 4.66. The number of benzene rings is 1. The van der Waals surface area contributed by atoms with Crippen LogP contribution in [0.5, 0.6) is 0 Å². The van der Waals surface area contributed by atoms with E-state index >= 15 is 0 Å². The van der Waals surface area contributed by atoms with Gasteiger partial charge in [0.1, 0.15) is 0 Å². The minimum atomic E-state index is -0.560. The van der Waals surface area contributed by atoms with Crippen molar-refractivity contribution in [3.63, 3.8) is 0 Å². The fourth-order valence-electron chi connectivity index (χ4n) is 1.63. The molecule has 8 heteroatoms. The topological polar surface area (TPSA) is 123 Å². The molecular weight excluding hydrogens is 274 g/mol. The van der Waals surface area contributed by atoms with Gasteiger partial charge in [0, 0.05) is 17.3 Å². The summed E-state index contributed by atoms with van der Waals surface area (Å²) in [6, 6.07) is 6.54. The summed E-state index contributed by atoms with van der Waals surface area (Å²) in [5, 5.41) is 12.1. The highest BCUT2D eigenvalue weighted by Gasteiger charge is 2.16. The summed E-state index contributed by atoms with van der Waals surface area (Å²) in [6.45, 7) is 3.73. The number of rotatable bonds is 4. The molecular formula is C13H15N5O3. The quantitative estimate of drug-likeness (QED) is 0.772. The zero-order valence-electron chi connectivity index (χ0n) is 11.6. The van der Waals surface area contributed by atoms with E-state index in [0.717, 1.165) is 0 Å². The molecule has 0 bridgehead atoms. The van der Waals surface area contributed by atoms with E-state index in [2.05, 4.69) is 25.6 Å². The predicted octanol–water partition coefficient (Wildman–Crippen LogP) is 1.04. The van der Waals surface area contributed by atoms with Crippen LogP contribution in [0.2, 0.25) is 0 Å². The molecule has 21 heavy (non-hydrogen) atoms. The van der Waals surface area contributed by atoms with Crippen molar-refractivity contribution in [1.82, 2.24) is 15.6 Å². The first-order valence-corrected chi connectivity index (χ1v) is 6.27. The van der Waals surface area contributed by atoms with Crippen LogP contribution in [0.25, 0.3) is 0 Å². The number of hydrogen-bond acceptors (Lipinski definition) is 6. The molecule has 1 aromatic carbocycles. The molecule has 2 aromatic rings. The van der Waals surface area contributed by atoms with E-state index in [0.29, 0.717) is 11.3 Å². The van der Waals surface area contributed by atoms with Gasteiger partial charge in [-0.05, 0) is 42.4 Å². The summed E-state index contributed by atoms with van der Waals surface area (Å²) in [5.74, 6) is -0.875. The number of amides is 2. The second kappa shape index (κ2) is 6.04. The van der Waals surface area contributed by atoms with E-state index in [4.69, 9.17) is 5.73 Å². The molecule has 1 aromatic heterocycles. The van der Waals surface area contributed by atoms with Gasteiger partial charge in [0.05, 0.1) is 0 Å². The fraction of sp³-hybridized carbons (Fsp3) is 0.231. The molecule has 0 aliphatic carbocycles. The average molecular weight is 289 g/mol. The number of hydrogen-bond donors (Lipinski definition) is 3. The van der Waals surface area contributed by atoms with Gasteiger partial charge in [0.15, 0.2) is 0 Å². The number of nitrogens with zero attached hydrogens (tertiary/aromatic N) is 2. The van der Waals surface area contributed by atoms with Crippen LogP contribution >= 0.6 is 0 Å². The number of carbonyl (C=O) groups excluding carboxylic acids is 2. The van der Waals surface area contributed by atoms with Crippen LogP contribution in [0.15, 0.2) is 28.9 Å². The van der Waals surface area contributed by atoms with Crippen molar-refractivity contribution in [3.05, 3.63) is 35.5 Å². The van der Waals surface area contributed by atoms with Gasteiger partial charge in [-0.3, -0.25) is 9.59 Å². The van der Waals surface area contributed by atoms with Gasteiger partial charge < -0.3 is 16.4 Å². The molecule has 1 heterocycles. The molecule has 2 amide bonds. The minimum absolute atomic E-state index is 0.0248. The van der Waals surface area contributed by atoms with Crippen LogP contribution in [-0.2, 0) is 0 Å². The Morgan fingerprint density at radius 2 is 2.00 bits per heavy atom. The molecule has 2 rings (SSSR count). The van der Waals surface area contributed by atoms with E-state index in [9.17, 15) is 9.59 Å². The number of aromatic nitrogens is 2.